The van der Waals surface area contributed by atoms with E-state index in [0.717, 1.165) is 41.6 Å². The molecule has 1 aliphatic rings. The third-order valence-electron chi connectivity index (χ3n) is 4.51. The van der Waals surface area contributed by atoms with Gasteiger partial charge in [0, 0.05) is 34.5 Å². The van der Waals surface area contributed by atoms with E-state index in [4.69, 9.17) is 0 Å². The summed E-state index contributed by atoms with van der Waals surface area (Å²) in [5, 5.41) is 4.84. The van der Waals surface area contributed by atoms with Crippen molar-refractivity contribution in [3.8, 4) is 0 Å². The van der Waals surface area contributed by atoms with Gasteiger partial charge >= 0.3 is 0 Å². The molecule has 1 amide bonds. The summed E-state index contributed by atoms with van der Waals surface area (Å²) in [7, 11) is 0. The molecule has 0 spiro atoms. The first-order chi connectivity index (χ1) is 11.8. The summed E-state index contributed by atoms with van der Waals surface area (Å²) in [6.07, 6.45) is 1.03. The summed E-state index contributed by atoms with van der Waals surface area (Å²) in [4.78, 5) is 16.5. The van der Waals surface area contributed by atoms with E-state index >= 15 is 0 Å². The standard InChI is InChI=1S/C20H19NOS2/c22-20(17-8-3-6-15-5-1-2-7-16(15)17)21-11-10-19(24-14-12-21)18-9-4-13-23-18/h1-9,13,19H,10-12,14H2/t19-/m0/s1. The fourth-order valence-electron chi connectivity index (χ4n) is 3.26. The van der Waals surface area contributed by atoms with Crippen LogP contribution in [0, 0.1) is 0 Å². The van der Waals surface area contributed by atoms with Gasteiger partial charge in [-0.1, -0.05) is 42.5 Å². The molecule has 2 aromatic carbocycles. The number of nitrogens with zero attached hydrogens (tertiary/aromatic N) is 1. The Morgan fingerprint density at radius 3 is 2.75 bits per heavy atom. The highest BCUT2D eigenvalue weighted by Gasteiger charge is 2.24. The molecule has 0 aliphatic carbocycles. The minimum atomic E-state index is 0.166. The van der Waals surface area contributed by atoms with Crippen LogP contribution >= 0.6 is 23.1 Å². The zero-order valence-electron chi connectivity index (χ0n) is 13.4. The lowest BCUT2D eigenvalue weighted by molar-refractivity contribution is 0.0768. The minimum absolute atomic E-state index is 0.166. The number of fused-ring (bicyclic) bond motifs is 1. The molecule has 1 atom stereocenters. The van der Waals surface area contributed by atoms with Crippen molar-refractivity contribution in [3.63, 3.8) is 0 Å². The highest BCUT2D eigenvalue weighted by Crippen LogP contribution is 2.37. The predicted octanol–water partition coefficient (Wildman–Crippen LogP) is 5.22. The van der Waals surface area contributed by atoms with E-state index in [0.29, 0.717) is 5.25 Å². The van der Waals surface area contributed by atoms with Crippen LogP contribution in [0.4, 0.5) is 0 Å². The van der Waals surface area contributed by atoms with Crippen molar-refractivity contribution in [1.82, 2.24) is 4.90 Å². The zero-order valence-corrected chi connectivity index (χ0v) is 15.0. The average Bonchev–Trinajstić information content (AvgIpc) is 3.05. The second-order valence-electron chi connectivity index (χ2n) is 5.98. The van der Waals surface area contributed by atoms with Crippen molar-refractivity contribution < 1.29 is 4.79 Å². The minimum Gasteiger partial charge on any atom is -0.338 e. The molecule has 3 aromatic rings. The molecular formula is C20H19NOS2. The number of thiophene rings is 1. The molecule has 0 saturated carbocycles. The van der Waals surface area contributed by atoms with E-state index in [1.807, 2.05) is 58.3 Å². The summed E-state index contributed by atoms with van der Waals surface area (Å²) < 4.78 is 0. The third kappa shape index (κ3) is 3.08. The van der Waals surface area contributed by atoms with Gasteiger partial charge < -0.3 is 4.90 Å². The van der Waals surface area contributed by atoms with Gasteiger partial charge in [0.25, 0.3) is 5.91 Å². The lowest BCUT2D eigenvalue weighted by Crippen LogP contribution is -2.33. The number of carbonyl (C=O) groups is 1. The monoisotopic (exact) mass is 353 g/mol. The van der Waals surface area contributed by atoms with Crippen LogP contribution in [0.25, 0.3) is 10.8 Å². The van der Waals surface area contributed by atoms with Gasteiger partial charge in [-0.3, -0.25) is 4.79 Å². The molecule has 24 heavy (non-hydrogen) atoms. The summed E-state index contributed by atoms with van der Waals surface area (Å²) in [6, 6.07) is 18.5. The number of rotatable bonds is 2. The fourth-order valence-corrected chi connectivity index (χ4v) is 5.49. The van der Waals surface area contributed by atoms with Crippen LogP contribution in [0.15, 0.2) is 60.0 Å². The number of carbonyl (C=O) groups excluding carboxylic acids is 1. The van der Waals surface area contributed by atoms with E-state index in [9.17, 15) is 4.79 Å². The summed E-state index contributed by atoms with van der Waals surface area (Å²) in [5.41, 5.74) is 0.827. The van der Waals surface area contributed by atoms with Gasteiger partial charge in [-0.2, -0.15) is 11.8 Å². The van der Waals surface area contributed by atoms with Crippen LogP contribution in [-0.2, 0) is 0 Å². The number of amides is 1. The largest absolute Gasteiger partial charge is 0.338 e. The number of hydrogen-bond donors (Lipinski definition) is 0. The molecule has 1 saturated heterocycles. The Kier molecular flexibility index (Phi) is 4.58. The molecule has 0 N–H and O–H groups in total. The summed E-state index contributed by atoms with van der Waals surface area (Å²) >= 11 is 3.80. The zero-order chi connectivity index (χ0) is 16.4. The maximum absolute atomic E-state index is 13.1. The molecule has 4 rings (SSSR count). The first kappa shape index (κ1) is 15.7. The Hall–Kier alpha value is -1.78. The van der Waals surface area contributed by atoms with Crippen molar-refractivity contribution in [3.05, 3.63) is 70.4 Å². The van der Waals surface area contributed by atoms with Gasteiger partial charge in [-0.05, 0) is 34.7 Å². The van der Waals surface area contributed by atoms with E-state index in [1.54, 1.807) is 0 Å². The number of thioether (sulfide) groups is 1. The molecule has 0 radical (unpaired) electrons. The maximum Gasteiger partial charge on any atom is 0.254 e. The normalized spacial score (nSPS) is 18.5. The lowest BCUT2D eigenvalue weighted by atomic mass is 10.0. The SMILES string of the molecule is O=C(c1cccc2ccccc12)N1CCS[C@H](c2cccs2)CC1. The van der Waals surface area contributed by atoms with E-state index in [2.05, 4.69) is 29.6 Å². The Bertz CT molecular complexity index is 838. The molecule has 4 heteroatoms. The highest BCUT2D eigenvalue weighted by atomic mass is 32.2. The van der Waals surface area contributed by atoms with Crippen LogP contribution in [0.5, 0.6) is 0 Å². The second-order valence-corrected chi connectivity index (χ2v) is 8.27. The van der Waals surface area contributed by atoms with Gasteiger partial charge in [0.2, 0.25) is 0 Å². The summed E-state index contributed by atoms with van der Waals surface area (Å²) in [6.45, 7) is 1.66. The number of benzene rings is 2. The van der Waals surface area contributed by atoms with Crippen molar-refractivity contribution in [2.75, 3.05) is 18.8 Å². The van der Waals surface area contributed by atoms with Crippen molar-refractivity contribution in [2.24, 2.45) is 0 Å². The highest BCUT2D eigenvalue weighted by molar-refractivity contribution is 7.99. The quantitative estimate of drug-likeness (QED) is 0.629. The van der Waals surface area contributed by atoms with E-state index < -0.39 is 0 Å². The maximum atomic E-state index is 13.1. The summed E-state index contributed by atoms with van der Waals surface area (Å²) in [5.74, 6) is 1.17. The van der Waals surface area contributed by atoms with Crippen LogP contribution < -0.4 is 0 Å². The van der Waals surface area contributed by atoms with Crippen LogP contribution in [0.3, 0.4) is 0 Å². The van der Waals surface area contributed by atoms with Crippen LogP contribution in [-0.4, -0.2) is 29.6 Å². The Morgan fingerprint density at radius 2 is 1.88 bits per heavy atom. The predicted molar refractivity (Wildman–Crippen MR) is 104 cm³/mol. The molecule has 122 valence electrons. The van der Waals surface area contributed by atoms with Crippen molar-refractivity contribution >= 4 is 39.8 Å². The number of hydrogen-bond acceptors (Lipinski definition) is 3. The molecule has 1 fully saturated rings. The lowest BCUT2D eigenvalue weighted by Gasteiger charge is -2.21. The smallest absolute Gasteiger partial charge is 0.254 e. The van der Waals surface area contributed by atoms with Gasteiger partial charge in [-0.15, -0.1) is 11.3 Å². The Morgan fingerprint density at radius 1 is 1.00 bits per heavy atom. The average molecular weight is 354 g/mol. The Labute approximate surface area is 150 Å². The molecule has 2 heterocycles. The van der Waals surface area contributed by atoms with E-state index in [1.165, 1.54) is 4.88 Å². The molecule has 2 nitrogen and oxygen atoms in total. The van der Waals surface area contributed by atoms with Gasteiger partial charge in [0.1, 0.15) is 0 Å². The van der Waals surface area contributed by atoms with Crippen LogP contribution in [0.1, 0.15) is 26.9 Å². The van der Waals surface area contributed by atoms with Crippen LogP contribution in [0.2, 0.25) is 0 Å². The van der Waals surface area contributed by atoms with Crippen molar-refractivity contribution in [1.29, 1.82) is 0 Å². The van der Waals surface area contributed by atoms with Gasteiger partial charge in [0.15, 0.2) is 0 Å². The second kappa shape index (κ2) is 6.99. The molecule has 1 aliphatic heterocycles. The molecular weight excluding hydrogens is 334 g/mol. The topological polar surface area (TPSA) is 20.3 Å². The van der Waals surface area contributed by atoms with Crippen molar-refractivity contribution in [2.45, 2.75) is 11.7 Å². The molecule has 0 unspecified atom stereocenters. The van der Waals surface area contributed by atoms with Gasteiger partial charge in [-0.25, -0.2) is 0 Å². The Balaban J connectivity index is 1.56. The fraction of sp³-hybridized carbons (Fsp3) is 0.250. The first-order valence-corrected chi connectivity index (χ1v) is 10.2. The molecule has 1 aromatic heterocycles. The third-order valence-corrected chi connectivity index (χ3v) is 6.95. The van der Waals surface area contributed by atoms with Gasteiger partial charge in [0.05, 0.1) is 0 Å². The van der Waals surface area contributed by atoms with E-state index in [-0.39, 0.29) is 5.91 Å². The first-order valence-electron chi connectivity index (χ1n) is 8.25. The molecule has 0 bridgehead atoms.